The fourth-order valence-electron chi connectivity index (χ4n) is 5.77. The highest BCUT2D eigenvalue weighted by molar-refractivity contribution is 6.22. The zero-order valence-electron chi connectivity index (χ0n) is 24.1. The van der Waals surface area contributed by atoms with Gasteiger partial charge in [0.05, 0.1) is 11.1 Å². The van der Waals surface area contributed by atoms with E-state index in [1.807, 2.05) is 36.4 Å². The number of ketones is 1. The summed E-state index contributed by atoms with van der Waals surface area (Å²) >= 11 is 0. The van der Waals surface area contributed by atoms with Crippen molar-refractivity contribution in [1.82, 2.24) is 4.57 Å². The largest absolute Gasteiger partial charge is 0.486 e. The SMILES string of the molecule is CCCCC(CC)Cn1c2ccc(C(=O)c3ccccc3OCC(F)(F)C(F)F)cc2c2cc(C=O)c3ccccc3c21. The summed E-state index contributed by atoms with van der Waals surface area (Å²) < 4.78 is 59.9. The van der Waals surface area contributed by atoms with Gasteiger partial charge in [0.1, 0.15) is 5.75 Å². The molecule has 0 bridgehead atoms. The molecule has 0 amide bonds. The number of alkyl halides is 4. The predicted octanol–water partition coefficient (Wildman–Crippen LogP) is 9.49. The number of halogens is 4. The molecular formula is C35H33F4NO3. The first-order valence-corrected chi connectivity index (χ1v) is 14.6. The molecule has 43 heavy (non-hydrogen) atoms. The topological polar surface area (TPSA) is 48.3 Å². The molecule has 0 aliphatic rings. The molecule has 5 aromatic rings. The lowest BCUT2D eigenvalue weighted by Crippen LogP contribution is -2.34. The van der Waals surface area contributed by atoms with E-state index in [9.17, 15) is 27.2 Å². The van der Waals surface area contributed by atoms with E-state index >= 15 is 0 Å². The van der Waals surface area contributed by atoms with E-state index in [1.54, 1.807) is 18.2 Å². The van der Waals surface area contributed by atoms with Crippen molar-refractivity contribution in [3.8, 4) is 5.75 Å². The van der Waals surface area contributed by atoms with Gasteiger partial charge in [-0.2, -0.15) is 8.78 Å². The van der Waals surface area contributed by atoms with Gasteiger partial charge in [0.15, 0.2) is 18.7 Å². The highest BCUT2D eigenvalue weighted by atomic mass is 19.3. The molecular weight excluding hydrogens is 558 g/mol. The van der Waals surface area contributed by atoms with Crippen LogP contribution in [0.1, 0.15) is 65.8 Å². The number of carbonyl (C=O) groups excluding carboxylic acids is 2. The molecule has 0 radical (unpaired) electrons. The average Bonchev–Trinajstić information content (AvgIpc) is 3.33. The summed E-state index contributed by atoms with van der Waals surface area (Å²) in [5.74, 6) is -4.63. The molecule has 1 atom stereocenters. The van der Waals surface area contributed by atoms with Gasteiger partial charge >= 0.3 is 12.3 Å². The highest BCUT2D eigenvalue weighted by Gasteiger charge is 2.42. The van der Waals surface area contributed by atoms with Crippen molar-refractivity contribution in [1.29, 1.82) is 0 Å². The van der Waals surface area contributed by atoms with E-state index in [0.29, 0.717) is 11.5 Å². The van der Waals surface area contributed by atoms with Gasteiger partial charge in [-0.3, -0.25) is 9.59 Å². The lowest BCUT2D eigenvalue weighted by molar-refractivity contribution is -0.148. The Morgan fingerprint density at radius 1 is 0.930 bits per heavy atom. The number of nitrogens with zero attached hydrogens (tertiary/aromatic N) is 1. The summed E-state index contributed by atoms with van der Waals surface area (Å²) in [5.41, 5.74) is 2.70. The number of para-hydroxylation sites is 1. The van der Waals surface area contributed by atoms with E-state index in [0.717, 1.165) is 71.1 Å². The van der Waals surface area contributed by atoms with Crippen LogP contribution in [0.5, 0.6) is 5.75 Å². The maximum absolute atomic E-state index is 13.7. The summed E-state index contributed by atoms with van der Waals surface area (Å²) in [5, 5.41) is 3.40. The third-order valence-electron chi connectivity index (χ3n) is 8.14. The Morgan fingerprint density at radius 3 is 2.35 bits per heavy atom. The van der Waals surface area contributed by atoms with Crippen LogP contribution in [0, 0.1) is 5.92 Å². The van der Waals surface area contributed by atoms with E-state index in [1.165, 1.54) is 18.2 Å². The van der Waals surface area contributed by atoms with Crippen molar-refractivity contribution >= 4 is 44.6 Å². The standard InChI is InChI=1S/C35H33F4NO3/c1-3-5-10-22(4-2)19-40-30-16-15-23(33(42)27-13-8-9-14-31(27)43-21-35(38,39)34(36)37)17-28(30)29-18-24(20-41)25-11-6-7-12-26(25)32(29)40/h6-9,11-18,20,22,34H,3-5,10,19,21H2,1-2H3. The van der Waals surface area contributed by atoms with E-state index in [-0.39, 0.29) is 16.9 Å². The summed E-state index contributed by atoms with van der Waals surface area (Å²) in [6.45, 7) is 3.57. The molecule has 224 valence electrons. The Labute approximate surface area is 247 Å². The average molecular weight is 592 g/mol. The Bertz CT molecular complexity index is 1790. The second-order valence-electron chi connectivity index (χ2n) is 11.0. The fraction of sp³-hybridized carbons (Fsp3) is 0.314. The van der Waals surface area contributed by atoms with E-state index < -0.39 is 24.7 Å². The van der Waals surface area contributed by atoms with Gasteiger partial charge in [-0.25, -0.2) is 8.78 Å². The normalized spacial score (nSPS) is 12.8. The van der Waals surface area contributed by atoms with Crippen LogP contribution in [-0.4, -0.2) is 35.6 Å². The molecule has 0 N–H and O–H groups in total. The van der Waals surface area contributed by atoms with Crippen molar-refractivity contribution in [2.45, 2.75) is 58.4 Å². The molecule has 0 fully saturated rings. The minimum absolute atomic E-state index is 0.0136. The molecule has 1 heterocycles. The van der Waals surface area contributed by atoms with Gasteiger partial charge in [0.25, 0.3) is 0 Å². The summed E-state index contributed by atoms with van der Waals surface area (Å²) in [6.07, 6.45) is 1.25. The van der Waals surface area contributed by atoms with Crippen molar-refractivity contribution in [3.63, 3.8) is 0 Å². The van der Waals surface area contributed by atoms with Crippen LogP contribution >= 0.6 is 0 Å². The molecule has 4 aromatic carbocycles. The number of hydrogen-bond donors (Lipinski definition) is 0. The molecule has 1 aromatic heterocycles. The quantitative estimate of drug-likeness (QED) is 0.0778. The molecule has 0 saturated carbocycles. The van der Waals surface area contributed by atoms with Gasteiger partial charge in [-0.1, -0.05) is 69.5 Å². The van der Waals surface area contributed by atoms with Crippen LogP contribution in [0.2, 0.25) is 0 Å². The number of unbranched alkanes of at least 4 members (excludes halogenated alkanes) is 1. The molecule has 8 heteroatoms. The van der Waals surface area contributed by atoms with Crippen molar-refractivity contribution in [3.05, 3.63) is 89.5 Å². The third-order valence-corrected chi connectivity index (χ3v) is 8.14. The van der Waals surface area contributed by atoms with Crippen LogP contribution in [0.4, 0.5) is 17.6 Å². The number of fused-ring (bicyclic) bond motifs is 5. The molecule has 4 nitrogen and oxygen atoms in total. The van der Waals surface area contributed by atoms with E-state index in [4.69, 9.17) is 4.74 Å². The fourth-order valence-corrected chi connectivity index (χ4v) is 5.77. The molecule has 1 unspecified atom stereocenters. The maximum atomic E-state index is 13.7. The smallest absolute Gasteiger partial charge is 0.340 e. The van der Waals surface area contributed by atoms with Crippen LogP contribution < -0.4 is 4.74 Å². The number of benzene rings is 4. The molecule has 0 aliphatic heterocycles. The third kappa shape index (κ3) is 5.88. The second-order valence-corrected chi connectivity index (χ2v) is 11.0. The Balaban J connectivity index is 1.66. The first-order chi connectivity index (χ1) is 20.7. The molecule has 0 spiro atoms. The van der Waals surface area contributed by atoms with Crippen molar-refractivity contribution in [2.24, 2.45) is 5.92 Å². The first kappa shape index (κ1) is 30.3. The van der Waals surface area contributed by atoms with E-state index in [2.05, 4.69) is 18.4 Å². The molecule has 5 rings (SSSR count). The molecule has 0 saturated heterocycles. The van der Waals surface area contributed by atoms with Crippen molar-refractivity contribution in [2.75, 3.05) is 6.61 Å². The number of aromatic nitrogens is 1. The number of rotatable bonds is 13. The van der Waals surface area contributed by atoms with Crippen LogP contribution in [0.3, 0.4) is 0 Å². The summed E-state index contributed by atoms with van der Waals surface area (Å²) in [7, 11) is 0. The number of carbonyl (C=O) groups is 2. The summed E-state index contributed by atoms with van der Waals surface area (Å²) in [4.78, 5) is 25.9. The lowest BCUT2D eigenvalue weighted by Gasteiger charge is -2.18. The second kappa shape index (κ2) is 12.6. The van der Waals surface area contributed by atoms with Gasteiger partial charge in [-0.05, 0) is 54.1 Å². The Kier molecular flexibility index (Phi) is 8.85. The number of aldehydes is 1. The highest BCUT2D eigenvalue weighted by Crippen LogP contribution is 2.38. The Hall–Kier alpha value is -4.20. The van der Waals surface area contributed by atoms with Gasteiger partial charge in [-0.15, -0.1) is 0 Å². The van der Waals surface area contributed by atoms with Gasteiger partial charge in [0, 0.05) is 39.3 Å². The number of ether oxygens (including phenoxy) is 1. The Morgan fingerprint density at radius 2 is 1.65 bits per heavy atom. The minimum atomic E-state index is -4.36. The van der Waals surface area contributed by atoms with Crippen LogP contribution in [0.15, 0.2) is 72.8 Å². The first-order valence-electron chi connectivity index (χ1n) is 14.6. The van der Waals surface area contributed by atoms with Crippen molar-refractivity contribution < 1.29 is 31.9 Å². The zero-order valence-corrected chi connectivity index (χ0v) is 24.1. The zero-order chi connectivity index (χ0) is 30.7. The molecule has 0 aliphatic carbocycles. The maximum Gasteiger partial charge on any atom is 0.340 e. The van der Waals surface area contributed by atoms with Crippen LogP contribution in [-0.2, 0) is 6.54 Å². The predicted molar refractivity (Wildman–Crippen MR) is 162 cm³/mol. The lowest BCUT2D eigenvalue weighted by atomic mass is 9.98. The monoisotopic (exact) mass is 591 g/mol. The minimum Gasteiger partial charge on any atom is -0.486 e. The summed E-state index contributed by atoms with van der Waals surface area (Å²) in [6, 6.07) is 20.7. The number of hydrogen-bond acceptors (Lipinski definition) is 3. The van der Waals surface area contributed by atoms with Gasteiger partial charge in [0.2, 0.25) is 0 Å². The van der Waals surface area contributed by atoms with Gasteiger partial charge < -0.3 is 9.30 Å². The van der Waals surface area contributed by atoms with Crippen LogP contribution in [0.25, 0.3) is 32.6 Å².